The second-order valence-electron chi connectivity index (χ2n) is 3.71. The molecule has 0 saturated heterocycles. The Kier molecular flexibility index (Phi) is 4.97. The Bertz CT molecular complexity index is 495. The quantitative estimate of drug-likeness (QED) is 0.899. The minimum atomic E-state index is -4.69. The molecule has 0 heterocycles. The van der Waals surface area contributed by atoms with Crippen molar-refractivity contribution < 1.29 is 23.1 Å². The van der Waals surface area contributed by atoms with Crippen molar-refractivity contribution >= 4 is 28.2 Å². The fourth-order valence-corrected chi connectivity index (χ4v) is 1.65. The third-order valence-electron chi connectivity index (χ3n) is 2.22. The summed E-state index contributed by atoms with van der Waals surface area (Å²) < 4.78 is 37.6. The lowest BCUT2D eigenvalue weighted by Crippen LogP contribution is -2.16. The number of carbonyl (C=O) groups is 1. The van der Waals surface area contributed by atoms with Gasteiger partial charge in [-0.3, -0.25) is 4.79 Å². The van der Waals surface area contributed by atoms with Gasteiger partial charge in [0.2, 0.25) is 5.91 Å². The lowest BCUT2D eigenvalue weighted by molar-refractivity contribution is -0.114. The van der Waals surface area contributed by atoms with E-state index in [1.807, 2.05) is 0 Å². The first-order chi connectivity index (χ1) is 8.75. The molecule has 0 radical (unpaired) electrons. The average molecular weight is 294 g/mol. The minimum Gasteiger partial charge on any atom is -0.392 e. The summed E-state index contributed by atoms with van der Waals surface area (Å²) in [4.78, 5) is 10.8. The number of rotatable bonds is 3. The second-order valence-corrected chi connectivity index (χ2v) is 4.08. The van der Waals surface area contributed by atoms with Gasteiger partial charge >= 0.3 is 6.18 Å². The maximum atomic E-state index is 12.5. The third kappa shape index (κ3) is 4.25. The number of aliphatic hydroxyl groups is 1. The monoisotopic (exact) mass is 293 g/mol. The van der Waals surface area contributed by atoms with Crippen molar-refractivity contribution in [1.29, 1.82) is 0 Å². The van der Waals surface area contributed by atoms with Crippen LogP contribution in [0.3, 0.4) is 0 Å². The zero-order valence-corrected chi connectivity index (χ0v) is 10.6. The molecule has 1 rings (SSSR count). The summed E-state index contributed by atoms with van der Waals surface area (Å²) in [5, 5.41) is 10.7. The average Bonchev–Trinajstić information content (AvgIpc) is 2.28. The Morgan fingerprint density at radius 2 is 1.84 bits per heavy atom. The van der Waals surface area contributed by atoms with Gasteiger partial charge in [-0.25, -0.2) is 0 Å². The number of benzene rings is 1. The Hall–Kier alpha value is -1.53. The van der Waals surface area contributed by atoms with Crippen LogP contribution in [0.15, 0.2) is 29.8 Å². The third-order valence-corrected chi connectivity index (χ3v) is 2.67. The molecule has 19 heavy (non-hydrogen) atoms. The maximum absolute atomic E-state index is 12.5. The van der Waals surface area contributed by atoms with Crippen LogP contribution in [0.2, 0.25) is 0 Å². The van der Waals surface area contributed by atoms with E-state index in [0.717, 1.165) is 0 Å². The molecule has 0 aliphatic carbocycles. The molecule has 0 spiro atoms. The molecule has 104 valence electrons. The SMILES string of the molecule is CC(=O)Nc1ccc(/C(Cl)=C(/CO)C(F)(F)F)cc1. The Morgan fingerprint density at radius 1 is 1.32 bits per heavy atom. The smallest absolute Gasteiger partial charge is 0.392 e. The first kappa shape index (κ1) is 15.5. The van der Waals surface area contributed by atoms with Gasteiger partial charge in [-0.05, 0) is 17.7 Å². The molecule has 0 fully saturated rings. The van der Waals surface area contributed by atoms with Gasteiger partial charge in [0.05, 0.1) is 17.2 Å². The van der Waals surface area contributed by atoms with E-state index in [1.165, 1.54) is 31.2 Å². The van der Waals surface area contributed by atoms with Gasteiger partial charge in [0.15, 0.2) is 0 Å². The van der Waals surface area contributed by atoms with Crippen molar-refractivity contribution in [2.45, 2.75) is 13.1 Å². The molecule has 3 nitrogen and oxygen atoms in total. The molecule has 7 heteroatoms. The number of amides is 1. The lowest BCUT2D eigenvalue weighted by Gasteiger charge is -2.12. The Labute approximate surface area is 112 Å². The highest BCUT2D eigenvalue weighted by Gasteiger charge is 2.35. The molecular formula is C12H11ClF3NO2. The molecule has 1 amide bonds. The lowest BCUT2D eigenvalue weighted by atomic mass is 10.1. The summed E-state index contributed by atoms with van der Waals surface area (Å²) >= 11 is 5.63. The van der Waals surface area contributed by atoms with Crippen LogP contribution >= 0.6 is 11.6 Å². The molecular weight excluding hydrogens is 283 g/mol. The molecule has 1 aromatic carbocycles. The summed E-state index contributed by atoms with van der Waals surface area (Å²) in [5.41, 5.74) is -0.656. The zero-order valence-electron chi connectivity index (χ0n) is 9.88. The number of hydrogen-bond acceptors (Lipinski definition) is 2. The van der Waals surface area contributed by atoms with Crippen molar-refractivity contribution in [2.75, 3.05) is 11.9 Å². The molecule has 0 aromatic heterocycles. The Balaban J connectivity index is 3.09. The van der Waals surface area contributed by atoms with E-state index in [9.17, 15) is 18.0 Å². The van der Waals surface area contributed by atoms with Gasteiger partial charge in [0.25, 0.3) is 0 Å². The molecule has 0 aliphatic heterocycles. The van der Waals surface area contributed by atoms with Gasteiger partial charge < -0.3 is 10.4 Å². The van der Waals surface area contributed by atoms with Crippen LogP contribution in [-0.2, 0) is 4.79 Å². The van der Waals surface area contributed by atoms with Crippen molar-refractivity contribution in [3.05, 3.63) is 35.4 Å². The van der Waals surface area contributed by atoms with Crippen LogP contribution < -0.4 is 5.32 Å². The topological polar surface area (TPSA) is 49.3 Å². The second kappa shape index (κ2) is 6.08. The maximum Gasteiger partial charge on any atom is 0.416 e. The van der Waals surface area contributed by atoms with Gasteiger partial charge in [-0.15, -0.1) is 0 Å². The highest BCUT2D eigenvalue weighted by Crippen LogP contribution is 2.34. The fourth-order valence-electron chi connectivity index (χ4n) is 1.36. The number of alkyl halides is 3. The van der Waals surface area contributed by atoms with Crippen LogP contribution in [0.5, 0.6) is 0 Å². The van der Waals surface area contributed by atoms with Crippen molar-refractivity contribution in [3.8, 4) is 0 Å². The van der Waals surface area contributed by atoms with E-state index in [2.05, 4.69) is 5.32 Å². The number of aliphatic hydroxyl groups excluding tert-OH is 1. The van der Waals surface area contributed by atoms with E-state index >= 15 is 0 Å². The number of nitrogens with one attached hydrogen (secondary N) is 1. The predicted molar refractivity (Wildman–Crippen MR) is 66.7 cm³/mol. The molecule has 2 N–H and O–H groups in total. The summed E-state index contributed by atoms with van der Waals surface area (Å²) in [7, 11) is 0. The predicted octanol–water partition coefficient (Wildman–Crippen LogP) is 3.15. The molecule has 0 unspecified atom stereocenters. The normalized spacial score (nSPS) is 12.9. The van der Waals surface area contributed by atoms with E-state index in [4.69, 9.17) is 16.7 Å². The zero-order chi connectivity index (χ0) is 14.6. The molecule has 0 atom stereocenters. The van der Waals surface area contributed by atoms with Gasteiger partial charge in [0.1, 0.15) is 0 Å². The van der Waals surface area contributed by atoms with Crippen LogP contribution in [-0.4, -0.2) is 23.8 Å². The van der Waals surface area contributed by atoms with Crippen molar-refractivity contribution in [1.82, 2.24) is 0 Å². The van der Waals surface area contributed by atoms with Crippen LogP contribution in [0.4, 0.5) is 18.9 Å². The summed E-state index contributed by atoms with van der Waals surface area (Å²) in [5.74, 6) is -0.291. The molecule has 0 bridgehead atoms. The van der Waals surface area contributed by atoms with Crippen LogP contribution in [0, 0.1) is 0 Å². The summed E-state index contributed by atoms with van der Waals surface area (Å²) in [6.45, 7) is 0.115. The van der Waals surface area contributed by atoms with Gasteiger partial charge in [-0.2, -0.15) is 13.2 Å². The number of carbonyl (C=O) groups excluding carboxylic acids is 1. The first-order valence-corrected chi connectivity index (χ1v) is 5.58. The minimum absolute atomic E-state index is 0.108. The van der Waals surface area contributed by atoms with Crippen LogP contribution in [0.1, 0.15) is 12.5 Å². The number of hydrogen-bond donors (Lipinski definition) is 2. The number of anilines is 1. The van der Waals surface area contributed by atoms with Crippen molar-refractivity contribution in [3.63, 3.8) is 0 Å². The van der Waals surface area contributed by atoms with E-state index < -0.39 is 23.4 Å². The van der Waals surface area contributed by atoms with Gasteiger partial charge in [0, 0.05) is 12.6 Å². The first-order valence-electron chi connectivity index (χ1n) is 5.20. The van der Waals surface area contributed by atoms with E-state index in [-0.39, 0.29) is 11.5 Å². The standard InChI is InChI=1S/C12H11ClF3NO2/c1-7(19)17-9-4-2-8(3-5-9)11(13)10(6-18)12(14,15)16/h2-5,18H,6H2,1H3,(H,17,19)/b11-10+. The highest BCUT2D eigenvalue weighted by atomic mass is 35.5. The van der Waals surface area contributed by atoms with E-state index in [0.29, 0.717) is 5.69 Å². The Morgan fingerprint density at radius 3 is 2.21 bits per heavy atom. The van der Waals surface area contributed by atoms with Gasteiger partial charge in [-0.1, -0.05) is 23.7 Å². The molecule has 1 aromatic rings. The fraction of sp³-hybridized carbons (Fsp3) is 0.250. The largest absolute Gasteiger partial charge is 0.416 e. The molecule has 0 aliphatic rings. The summed E-state index contributed by atoms with van der Waals surface area (Å²) in [6.07, 6.45) is -4.69. The summed E-state index contributed by atoms with van der Waals surface area (Å²) in [6, 6.07) is 5.50. The highest BCUT2D eigenvalue weighted by molar-refractivity contribution is 6.49. The van der Waals surface area contributed by atoms with Crippen LogP contribution in [0.25, 0.3) is 5.03 Å². The molecule has 0 saturated carbocycles. The number of halogens is 4. The van der Waals surface area contributed by atoms with E-state index in [1.54, 1.807) is 0 Å². The van der Waals surface area contributed by atoms with Crippen molar-refractivity contribution in [2.24, 2.45) is 0 Å².